The van der Waals surface area contributed by atoms with Crippen LogP contribution in [0.15, 0.2) is 50.8 Å². The van der Waals surface area contributed by atoms with Crippen molar-refractivity contribution in [3.63, 3.8) is 0 Å². The molecule has 0 saturated heterocycles. The smallest absolute Gasteiger partial charge is 0.195 e. The van der Waals surface area contributed by atoms with Gasteiger partial charge >= 0.3 is 0 Å². The SMILES string of the molecule is O=c1c2cc(Cl)c(Cl)cc2c2c1c1c3cc(Cl)c(Cl)cc3c(=O)c1c1c3cc(Cl)c(Cl)cc3c(=O)c21. The quantitative estimate of drug-likeness (QED) is 0.177. The van der Waals surface area contributed by atoms with Crippen molar-refractivity contribution in [3.05, 3.63) is 97.2 Å². The molecular formula is C27H6Cl6O3. The Kier molecular flexibility index (Phi) is 4.66. The molecule has 0 heterocycles. The number of hydrogen-bond acceptors (Lipinski definition) is 3. The lowest BCUT2D eigenvalue weighted by Gasteiger charge is -2.02. The minimum atomic E-state index is -0.371. The molecule has 0 aliphatic carbocycles. The predicted octanol–water partition coefficient (Wildman–Crippen LogP) is 8.92. The van der Waals surface area contributed by atoms with Gasteiger partial charge in [0.25, 0.3) is 0 Å². The maximum Gasteiger partial charge on any atom is 0.195 e. The lowest BCUT2D eigenvalue weighted by atomic mass is 9.99. The first-order valence-electron chi connectivity index (χ1n) is 10.5. The zero-order valence-electron chi connectivity index (χ0n) is 17.5. The molecule has 7 aromatic rings. The molecule has 0 unspecified atom stereocenters. The highest BCUT2D eigenvalue weighted by atomic mass is 35.5. The number of hydrogen-bond donors (Lipinski definition) is 0. The van der Waals surface area contributed by atoms with E-state index >= 15 is 0 Å². The molecule has 0 bridgehead atoms. The Balaban J connectivity index is 2.00. The summed E-state index contributed by atoms with van der Waals surface area (Å²) in [6.07, 6.45) is 0. The molecule has 174 valence electrons. The van der Waals surface area contributed by atoms with Crippen molar-refractivity contribution in [2.75, 3.05) is 0 Å². The zero-order valence-corrected chi connectivity index (χ0v) is 22.0. The predicted molar refractivity (Wildman–Crippen MR) is 154 cm³/mol. The minimum Gasteiger partial charge on any atom is -0.289 e. The molecule has 0 aliphatic rings. The van der Waals surface area contributed by atoms with Gasteiger partial charge in [-0.25, -0.2) is 0 Å². The van der Waals surface area contributed by atoms with Crippen LogP contribution in [0, 0.1) is 0 Å². The van der Waals surface area contributed by atoms with Crippen molar-refractivity contribution in [2.45, 2.75) is 0 Å². The fourth-order valence-corrected chi connectivity index (χ4v) is 6.45. The molecule has 0 spiro atoms. The van der Waals surface area contributed by atoms with Crippen LogP contribution in [0.4, 0.5) is 0 Å². The van der Waals surface area contributed by atoms with E-state index in [2.05, 4.69) is 0 Å². The molecule has 0 saturated carbocycles. The molecule has 7 rings (SSSR count). The summed E-state index contributed by atoms with van der Waals surface area (Å²) in [5.74, 6) is 0. The van der Waals surface area contributed by atoms with E-state index in [9.17, 15) is 14.4 Å². The third-order valence-corrected chi connectivity index (χ3v) is 9.07. The Morgan fingerprint density at radius 2 is 0.500 bits per heavy atom. The van der Waals surface area contributed by atoms with E-state index in [1.165, 1.54) is 18.2 Å². The van der Waals surface area contributed by atoms with Crippen LogP contribution >= 0.6 is 69.6 Å². The average molecular weight is 591 g/mol. The lowest BCUT2D eigenvalue weighted by Crippen LogP contribution is -1.99. The van der Waals surface area contributed by atoms with Crippen molar-refractivity contribution in [1.29, 1.82) is 0 Å². The van der Waals surface area contributed by atoms with Crippen molar-refractivity contribution in [3.8, 4) is 0 Å². The third-order valence-electron chi connectivity index (χ3n) is 6.90. The van der Waals surface area contributed by atoms with Gasteiger partial charge in [-0.15, -0.1) is 0 Å². The normalized spacial score (nSPS) is 12.5. The molecule has 0 N–H and O–H groups in total. The molecule has 0 amide bonds. The van der Waals surface area contributed by atoms with Gasteiger partial charge < -0.3 is 0 Å². The zero-order chi connectivity index (χ0) is 25.4. The standard InChI is InChI=1S/C27H6Cl6O3/c28-13-1-7-10(4-16(13)31)25(34)22-19(7)23-21(8-2-14(29)17(32)5-11(8)26(23)35)24-20(22)9-3-15(30)18(33)6-12(9)27(24)36/h1-6H. The Hall–Kier alpha value is -2.37. The summed E-state index contributed by atoms with van der Waals surface area (Å²) >= 11 is 37.7. The first-order chi connectivity index (χ1) is 17.1. The van der Waals surface area contributed by atoms with Crippen LogP contribution < -0.4 is 16.3 Å². The van der Waals surface area contributed by atoms with E-state index in [0.717, 1.165) is 0 Å². The van der Waals surface area contributed by atoms with Gasteiger partial charge in [0.1, 0.15) is 0 Å². The molecule has 3 nitrogen and oxygen atoms in total. The van der Waals surface area contributed by atoms with Gasteiger partial charge in [0.05, 0.1) is 30.1 Å². The van der Waals surface area contributed by atoms with Crippen LogP contribution in [0.1, 0.15) is 0 Å². The molecule has 0 fully saturated rings. The molecule has 9 heteroatoms. The number of fused-ring (bicyclic) bond motifs is 12. The number of benzene rings is 4. The minimum absolute atomic E-state index is 0.198. The molecule has 0 atom stereocenters. The Bertz CT molecular complexity index is 2040. The summed E-state index contributed by atoms with van der Waals surface area (Å²) in [6.45, 7) is 0. The average Bonchev–Trinajstić information content (AvgIpc) is 3.37. The van der Waals surface area contributed by atoms with Crippen LogP contribution in [-0.2, 0) is 0 Å². The summed E-state index contributed by atoms with van der Waals surface area (Å²) in [7, 11) is 0. The number of rotatable bonds is 0. The van der Waals surface area contributed by atoms with Crippen LogP contribution in [-0.4, -0.2) is 0 Å². The van der Waals surface area contributed by atoms with Crippen LogP contribution in [0.3, 0.4) is 0 Å². The molecule has 7 aromatic carbocycles. The second-order valence-electron chi connectivity index (χ2n) is 8.67. The van der Waals surface area contributed by atoms with E-state index in [-0.39, 0.29) is 78.7 Å². The van der Waals surface area contributed by atoms with E-state index < -0.39 is 0 Å². The van der Waals surface area contributed by atoms with Gasteiger partial charge in [-0.1, -0.05) is 69.6 Å². The number of halogens is 6. The molecule has 36 heavy (non-hydrogen) atoms. The van der Waals surface area contributed by atoms with E-state index in [1.54, 1.807) is 18.2 Å². The summed E-state index contributed by atoms with van der Waals surface area (Å²) in [5.41, 5.74) is -1.11. The highest BCUT2D eigenvalue weighted by Gasteiger charge is 2.28. The van der Waals surface area contributed by atoms with Crippen molar-refractivity contribution in [2.24, 2.45) is 0 Å². The monoisotopic (exact) mass is 588 g/mol. The topological polar surface area (TPSA) is 51.2 Å². The second kappa shape index (κ2) is 7.35. The molecular weight excluding hydrogens is 585 g/mol. The van der Waals surface area contributed by atoms with Crippen LogP contribution in [0.5, 0.6) is 0 Å². The maximum absolute atomic E-state index is 13.8. The Morgan fingerprint density at radius 3 is 0.722 bits per heavy atom. The van der Waals surface area contributed by atoms with Crippen LogP contribution in [0.25, 0.3) is 64.6 Å². The summed E-state index contributed by atoms with van der Waals surface area (Å²) in [6, 6.07) is 9.14. The van der Waals surface area contributed by atoms with E-state index in [4.69, 9.17) is 69.6 Å². The van der Waals surface area contributed by atoms with Crippen LogP contribution in [0.2, 0.25) is 30.1 Å². The molecule has 0 aliphatic heterocycles. The molecule has 0 aromatic heterocycles. The maximum atomic E-state index is 13.8. The first kappa shape index (κ1) is 22.8. The third kappa shape index (κ3) is 2.66. The van der Waals surface area contributed by atoms with E-state index in [0.29, 0.717) is 32.3 Å². The summed E-state index contributed by atoms with van der Waals surface area (Å²) in [5, 5.41) is 5.37. The lowest BCUT2D eigenvalue weighted by molar-refractivity contribution is 1.80. The van der Waals surface area contributed by atoms with Gasteiger partial charge in [0, 0.05) is 48.5 Å². The fourth-order valence-electron chi connectivity index (χ4n) is 5.47. The Morgan fingerprint density at radius 1 is 0.306 bits per heavy atom. The van der Waals surface area contributed by atoms with Crippen molar-refractivity contribution >= 4 is 134 Å². The first-order valence-corrected chi connectivity index (χ1v) is 12.7. The second-order valence-corrected chi connectivity index (χ2v) is 11.1. The largest absolute Gasteiger partial charge is 0.289 e. The summed E-state index contributed by atoms with van der Waals surface area (Å²) < 4.78 is 0. The van der Waals surface area contributed by atoms with Gasteiger partial charge in [0.15, 0.2) is 16.3 Å². The van der Waals surface area contributed by atoms with Crippen molar-refractivity contribution < 1.29 is 0 Å². The van der Waals surface area contributed by atoms with Gasteiger partial charge in [-0.3, -0.25) is 14.4 Å². The highest BCUT2D eigenvalue weighted by molar-refractivity contribution is 6.48. The summed E-state index contributed by atoms with van der Waals surface area (Å²) in [4.78, 5) is 41.5. The van der Waals surface area contributed by atoms with Gasteiger partial charge in [-0.2, -0.15) is 0 Å². The highest BCUT2D eigenvalue weighted by Crippen LogP contribution is 2.45. The van der Waals surface area contributed by atoms with Gasteiger partial charge in [0.2, 0.25) is 0 Å². The molecule has 0 radical (unpaired) electrons. The fraction of sp³-hybridized carbons (Fsp3) is 0. The van der Waals surface area contributed by atoms with Gasteiger partial charge in [-0.05, 0) is 52.6 Å². The van der Waals surface area contributed by atoms with E-state index in [1.807, 2.05) is 0 Å². The Labute approximate surface area is 230 Å². The van der Waals surface area contributed by atoms with Crippen molar-refractivity contribution in [1.82, 2.24) is 0 Å².